The number of ether oxygens (including phenoxy) is 1. The van der Waals surface area contributed by atoms with Crippen LogP contribution in [0, 0.1) is 0 Å². The van der Waals surface area contributed by atoms with Crippen molar-refractivity contribution in [2.75, 3.05) is 12.4 Å². The second kappa shape index (κ2) is 9.55. The first-order valence-electron chi connectivity index (χ1n) is 9.19. The van der Waals surface area contributed by atoms with Crippen molar-refractivity contribution in [3.8, 4) is 5.75 Å². The zero-order valence-electron chi connectivity index (χ0n) is 15.4. The smallest absolute Gasteiger partial charge is 0.240 e. The topological polar surface area (TPSA) is 92.2 Å². The molecule has 1 atom stereocenters. The fourth-order valence-electron chi connectivity index (χ4n) is 2.99. The summed E-state index contributed by atoms with van der Waals surface area (Å²) in [6, 6.07) is 7.05. The van der Waals surface area contributed by atoms with Crippen LogP contribution in [-0.4, -0.2) is 35.1 Å². The molecule has 3 rings (SSSR count). The lowest BCUT2D eigenvalue weighted by Crippen LogP contribution is -2.28. The van der Waals surface area contributed by atoms with Crippen molar-refractivity contribution >= 4 is 40.1 Å². The average molecular weight is 388 g/mol. The predicted octanol–water partition coefficient (Wildman–Crippen LogP) is 3.32. The first-order valence-corrected chi connectivity index (χ1v) is 10.1. The van der Waals surface area contributed by atoms with Crippen LogP contribution in [0.25, 0.3) is 0 Å². The molecule has 1 unspecified atom stereocenters. The van der Waals surface area contributed by atoms with Gasteiger partial charge in [0.25, 0.3) is 0 Å². The van der Waals surface area contributed by atoms with Gasteiger partial charge in [-0.2, -0.15) is 5.10 Å². The summed E-state index contributed by atoms with van der Waals surface area (Å²) in [6.07, 6.45) is 6.82. The van der Waals surface area contributed by atoms with Gasteiger partial charge in [0.15, 0.2) is 5.17 Å². The monoisotopic (exact) mass is 388 g/mol. The third-order valence-corrected chi connectivity index (χ3v) is 5.56. The molecule has 8 heteroatoms. The number of methoxy groups -OCH3 is 1. The van der Waals surface area contributed by atoms with Crippen molar-refractivity contribution in [2.24, 2.45) is 10.2 Å². The molecule has 1 aliphatic carbocycles. The highest BCUT2D eigenvalue weighted by molar-refractivity contribution is 8.15. The van der Waals surface area contributed by atoms with E-state index in [1.165, 1.54) is 24.6 Å². The average Bonchev–Trinajstić information content (AvgIpc) is 2.86. The summed E-state index contributed by atoms with van der Waals surface area (Å²) in [5.41, 5.74) is 1.76. The number of nitrogens with one attached hydrogen (secondary N) is 2. The molecule has 2 fully saturated rings. The van der Waals surface area contributed by atoms with Gasteiger partial charge < -0.3 is 15.4 Å². The Bertz CT molecular complexity index is 736. The molecule has 144 valence electrons. The number of carbonyl (C=O) groups excluding carboxylic acids is 2. The number of carbonyl (C=O) groups is 2. The second-order valence-electron chi connectivity index (χ2n) is 6.56. The van der Waals surface area contributed by atoms with Crippen LogP contribution >= 0.6 is 11.8 Å². The van der Waals surface area contributed by atoms with Crippen molar-refractivity contribution < 1.29 is 14.3 Å². The van der Waals surface area contributed by atoms with Gasteiger partial charge in [0.2, 0.25) is 11.8 Å². The van der Waals surface area contributed by atoms with Crippen molar-refractivity contribution in [2.45, 2.75) is 50.2 Å². The second-order valence-corrected chi connectivity index (χ2v) is 7.75. The van der Waals surface area contributed by atoms with Crippen LogP contribution in [0.15, 0.2) is 34.5 Å². The van der Waals surface area contributed by atoms with Crippen molar-refractivity contribution in [3.63, 3.8) is 0 Å². The Morgan fingerprint density at radius 3 is 2.56 bits per heavy atom. The third kappa shape index (κ3) is 5.82. The highest BCUT2D eigenvalue weighted by Gasteiger charge is 2.32. The van der Waals surface area contributed by atoms with Gasteiger partial charge >= 0.3 is 0 Å². The van der Waals surface area contributed by atoms with Gasteiger partial charge in [-0.1, -0.05) is 24.6 Å². The molecule has 0 spiro atoms. The molecule has 2 amide bonds. The number of nitrogens with zero attached hydrogens (tertiary/aromatic N) is 2. The molecule has 0 radical (unpaired) electrons. The lowest BCUT2D eigenvalue weighted by atomic mass is 10.2. The van der Waals surface area contributed by atoms with Crippen molar-refractivity contribution in [1.29, 1.82) is 0 Å². The van der Waals surface area contributed by atoms with E-state index in [1.54, 1.807) is 31.4 Å². The standard InChI is InChI=1S/C19H24N4O3S/c1-26-15-10-8-13(9-11-15)20-17(24)12-16-18(25)21-19(27-16)23-22-14-6-4-2-3-5-7-14/h8-11,16H,2-7,12H2,1H3,(H,20,24)(H,21,23,25). The Morgan fingerprint density at radius 1 is 1.19 bits per heavy atom. The molecule has 1 aromatic carbocycles. The minimum absolute atomic E-state index is 0.0815. The summed E-state index contributed by atoms with van der Waals surface area (Å²) in [5.74, 6) is 0.295. The van der Waals surface area contributed by atoms with E-state index in [2.05, 4.69) is 20.8 Å². The van der Waals surface area contributed by atoms with Crippen molar-refractivity contribution in [3.05, 3.63) is 24.3 Å². The molecular weight excluding hydrogens is 364 g/mol. The summed E-state index contributed by atoms with van der Waals surface area (Å²) >= 11 is 1.26. The van der Waals surface area contributed by atoms with Gasteiger partial charge in [-0.25, -0.2) is 0 Å². The molecule has 1 saturated carbocycles. The lowest BCUT2D eigenvalue weighted by molar-refractivity contribution is -0.122. The molecule has 2 aliphatic rings. The van der Waals surface area contributed by atoms with E-state index in [0.29, 0.717) is 10.9 Å². The SMILES string of the molecule is COc1ccc(NC(=O)CC2S/C(=N/N=C3CCCCCC3)NC2=O)cc1. The number of anilines is 1. The summed E-state index contributed by atoms with van der Waals surface area (Å²) in [5, 5.41) is 14.0. The zero-order chi connectivity index (χ0) is 19.1. The number of hydrogen-bond acceptors (Lipinski definition) is 6. The number of rotatable bonds is 5. The van der Waals surface area contributed by atoms with Gasteiger partial charge in [0.1, 0.15) is 11.0 Å². The van der Waals surface area contributed by atoms with Gasteiger partial charge in [0.05, 0.1) is 7.11 Å². The number of thioether (sulfide) groups is 1. The van der Waals surface area contributed by atoms with Crippen LogP contribution in [0.2, 0.25) is 0 Å². The Labute approximate surface area is 163 Å². The molecule has 2 N–H and O–H groups in total. The molecule has 1 aromatic rings. The zero-order valence-corrected chi connectivity index (χ0v) is 16.2. The normalized spacial score (nSPS) is 21.5. The molecular formula is C19H24N4O3S. The largest absolute Gasteiger partial charge is 0.497 e. The van der Waals surface area contributed by atoms with Crippen LogP contribution in [0.5, 0.6) is 5.75 Å². The minimum atomic E-state index is -0.490. The highest BCUT2D eigenvalue weighted by atomic mass is 32.2. The molecule has 1 saturated heterocycles. The van der Waals surface area contributed by atoms with E-state index in [4.69, 9.17) is 4.74 Å². The highest BCUT2D eigenvalue weighted by Crippen LogP contribution is 2.24. The Morgan fingerprint density at radius 2 is 1.89 bits per heavy atom. The Kier molecular flexibility index (Phi) is 6.86. The molecule has 0 aromatic heterocycles. The predicted molar refractivity (Wildman–Crippen MR) is 108 cm³/mol. The van der Waals surface area contributed by atoms with Crippen LogP contribution in [0.4, 0.5) is 5.69 Å². The van der Waals surface area contributed by atoms with Gasteiger partial charge in [-0.05, 0) is 49.9 Å². The van der Waals surface area contributed by atoms with Gasteiger partial charge in [-0.3, -0.25) is 9.59 Å². The van der Waals surface area contributed by atoms with Crippen LogP contribution < -0.4 is 15.4 Å². The summed E-state index contributed by atoms with van der Waals surface area (Å²) in [6.45, 7) is 0. The number of amides is 2. The first kappa shape index (κ1) is 19.4. The summed E-state index contributed by atoms with van der Waals surface area (Å²) in [4.78, 5) is 24.3. The molecule has 27 heavy (non-hydrogen) atoms. The number of hydrogen-bond donors (Lipinski definition) is 2. The molecule has 1 aliphatic heterocycles. The van der Waals surface area contributed by atoms with Crippen LogP contribution in [0.1, 0.15) is 44.9 Å². The molecule has 1 heterocycles. The van der Waals surface area contributed by atoms with Gasteiger partial charge in [0, 0.05) is 17.8 Å². The Balaban J connectivity index is 1.52. The third-order valence-electron chi connectivity index (χ3n) is 4.48. The quantitative estimate of drug-likeness (QED) is 0.598. The molecule has 0 bridgehead atoms. The molecule has 7 nitrogen and oxygen atoms in total. The Hall–Kier alpha value is -2.35. The van der Waals surface area contributed by atoms with Gasteiger partial charge in [-0.15, -0.1) is 5.10 Å². The summed E-state index contributed by atoms with van der Waals surface area (Å²) < 4.78 is 5.09. The van der Waals surface area contributed by atoms with E-state index in [9.17, 15) is 9.59 Å². The van der Waals surface area contributed by atoms with Crippen LogP contribution in [0.3, 0.4) is 0 Å². The van der Waals surface area contributed by atoms with E-state index in [-0.39, 0.29) is 18.2 Å². The van der Waals surface area contributed by atoms with E-state index in [1.807, 2.05) is 0 Å². The maximum absolute atomic E-state index is 12.2. The van der Waals surface area contributed by atoms with E-state index in [0.717, 1.165) is 37.1 Å². The van der Waals surface area contributed by atoms with Crippen molar-refractivity contribution in [1.82, 2.24) is 5.32 Å². The lowest BCUT2D eigenvalue weighted by Gasteiger charge is -2.08. The number of amidine groups is 1. The van der Waals surface area contributed by atoms with E-state index < -0.39 is 5.25 Å². The summed E-state index contributed by atoms with van der Waals surface area (Å²) in [7, 11) is 1.59. The maximum Gasteiger partial charge on any atom is 0.240 e. The maximum atomic E-state index is 12.2. The fraction of sp³-hybridized carbons (Fsp3) is 0.474. The van der Waals surface area contributed by atoms with E-state index >= 15 is 0 Å². The fourth-order valence-corrected chi connectivity index (χ4v) is 3.91. The minimum Gasteiger partial charge on any atom is -0.497 e. The number of benzene rings is 1. The van der Waals surface area contributed by atoms with Crippen LogP contribution in [-0.2, 0) is 9.59 Å². The first-order chi connectivity index (χ1) is 13.1.